The van der Waals surface area contributed by atoms with Crippen LogP contribution in [-0.2, 0) is 18.9 Å². The summed E-state index contributed by atoms with van der Waals surface area (Å²) in [6, 6.07) is 25.6. The van der Waals surface area contributed by atoms with Crippen LogP contribution in [0.2, 0.25) is 0 Å². The first-order valence-electron chi connectivity index (χ1n) is 15.1. The number of hydrogen-bond donors (Lipinski definition) is 0. The highest BCUT2D eigenvalue weighted by molar-refractivity contribution is 5.86. The number of benzene rings is 4. The summed E-state index contributed by atoms with van der Waals surface area (Å²) in [5, 5.41) is 0. The lowest BCUT2D eigenvalue weighted by Crippen LogP contribution is -2.18. The monoisotopic (exact) mass is 610 g/mol. The second-order valence-electron chi connectivity index (χ2n) is 10.6. The summed E-state index contributed by atoms with van der Waals surface area (Å²) < 4.78 is 46.7. The van der Waals surface area contributed by atoms with Gasteiger partial charge in [0.2, 0.25) is 0 Å². The number of methoxy groups -OCH3 is 3. The Bertz CT molecular complexity index is 1600. The van der Waals surface area contributed by atoms with E-state index < -0.39 is 12.6 Å². The highest BCUT2D eigenvalue weighted by Gasteiger charge is 2.24. The molecule has 0 radical (unpaired) electrons. The Hall–Kier alpha value is -4.34. The molecular weight excluding hydrogens is 572 g/mol. The van der Waals surface area contributed by atoms with E-state index in [0.717, 1.165) is 57.7 Å². The Kier molecular flexibility index (Phi) is 9.97. The lowest BCUT2D eigenvalue weighted by Gasteiger charge is -2.26. The van der Waals surface area contributed by atoms with Gasteiger partial charge in [0.25, 0.3) is 0 Å². The summed E-state index contributed by atoms with van der Waals surface area (Å²) in [4.78, 5) is 0. The summed E-state index contributed by atoms with van der Waals surface area (Å²) in [5.41, 5.74) is 5.70. The lowest BCUT2D eigenvalue weighted by atomic mass is 9.93. The topological polar surface area (TPSA) is 73.8 Å². The average molecular weight is 611 g/mol. The van der Waals surface area contributed by atoms with Crippen LogP contribution in [0.25, 0.3) is 23.3 Å². The minimum Gasteiger partial charge on any atom is -0.497 e. The van der Waals surface area contributed by atoms with Crippen LogP contribution in [-0.4, -0.2) is 47.8 Å². The van der Waals surface area contributed by atoms with Gasteiger partial charge in [0.1, 0.15) is 17.2 Å². The van der Waals surface area contributed by atoms with Crippen molar-refractivity contribution in [3.63, 3.8) is 0 Å². The summed E-state index contributed by atoms with van der Waals surface area (Å²) in [6.07, 6.45) is 5.02. The van der Waals surface area contributed by atoms with Gasteiger partial charge < -0.3 is 37.9 Å². The minimum atomic E-state index is -0.486. The van der Waals surface area contributed by atoms with Crippen LogP contribution >= 0.6 is 0 Å². The molecule has 0 atom stereocenters. The molecule has 8 heteroatoms. The van der Waals surface area contributed by atoms with E-state index in [2.05, 4.69) is 18.2 Å². The van der Waals surface area contributed by atoms with Gasteiger partial charge in [-0.1, -0.05) is 48.6 Å². The van der Waals surface area contributed by atoms with Crippen molar-refractivity contribution < 1.29 is 37.9 Å². The van der Waals surface area contributed by atoms with Crippen LogP contribution in [0.5, 0.6) is 28.7 Å². The second-order valence-corrected chi connectivity index (χ2v) is 10.6. The molecule has 2 fully saturated rings. The van der Waals surface area contributed by atoms with Gasteiger partial charge in [-0.3, -0.25) is 0 Å². The molecule has 6 rings (SSSR count). The molecule has 8 nitrogen and oxygen atoms in total. The van der Waals surface area contributed by atoms with Crippen LogP contribution < -0.4 is 18.9 Å². The third-order valence-electron chi connectivity index (χ3n) is 7.74. The Balaban J connectivity index is 1.26. The third-order valence-corrected chi connectivity index (χ3v) is 7.74. The van der Waals surface area contributed by atoms with Gasteiger partial charge in [-0.25, -0.2) is 0 Å². The van der Waals surface area contributed by atoms with E-state index in [0.29, 0.717) is 43.7 Å². The molecule has 0 saturated carbocycles. The normalized spacial score (nSPS) is 16.1. The summed E-state index contributed by atoms with van der Waals surface area (Å²) in [7, 11) is 4.96. The van der Waals surface area contributed by atoms with Crippen LogP contribution in [0.1, 0.15) is 47.7 Å². The van der Waals surface area contributed by atoms with Crippen molar-refractivity contribution in [3.05, 3.63) is 101 Å². The summed E-state index contributed by atoms with van der Waals surface area (Å²) in [5.74, 6) is 3.40. The smallest absolute Gasteiger partial charge is 0.184 e. The molecule has 4 aromatic carbocycles. The zero-order valence-corrected chi connectivity index (χ0v) is 25.8. The SMILES string of the molecule is COc1ccc(-c2c(C=Cc3ccc(Oc4cc(C5OCCCO5)ccc4OC)cc3)cccc2OC)c(C2OCCCO2)c1. The molecule has 4 aromatic rings. The van der Waals surface area contributed by atoms with Crippen LogP contribution in [0.15, 0.2) is 78.9 Å². The molecule has 0 aliphatic carbocycles. The van der Waals surface area contributed by atoms with E-state index in [1.165, 1.54) is 0 Å². The van der Waals surface area contributed by atoms with Gasteiger partial charge in [0.05, 0.1) is 47.8 Å². The van der Waals surface area contributed by atoms with Crippen LogP contribution in [0, 0.1) is 0 Å². The predicted molar refractivity (Wildman–Crippen MR) is 172 cm³/mol. The third kappa shape index (κ3) is 7.16. The molecule has 0 spiro atoms. The molecule has 2 aliphatic heterocycles. The van der Waals surface area contributed by atoms with Gasteiger partial charge in [0, 0.05) is 16.7 Å². The molecule has 2 aliphatic rings. The van der Waals surface area contributed by atoms with Crippen LogP contribution in [0.4, 0.5) is 0 Å². The molecular formula is C37H38O8. The highest BCUT2D eigenvalue weighted by atomic mass is 16.7. The standard InChI is InChI=1S/C37H38O8/c1-38-29-16-17-30(31(24-29)37-43-21-6-22-44-37)35-26(7-4-8-33(35)40-3)12-9-25-10-14-28(15-11-25)45-34-23-27(13-18-32(34)39-2)36-41-19-5-20-42-36/h4,7-18,23-24,36-37H,5-6,19-22H2,1-3H3. The Morgan fingerprint density at radius 2 is 1.29 bits per heavy atom. The average Bonchev–Trinajstić information content (AvgIpc) is 3.11. The fourth-order valence-electron chi connectivity index (χ4n) is 5.46. The second kappa shape index (κ2) is 14.6. The van der Waals surface area contributed by atoms with E-state index in [1.807, 2.05) is 72.8 Å². The summed E-state index contributed by atoms with van der Waals surface area (Å²) in [6.45, 7) is 2.62. The van der Waals surface area contributed by atoms with Crippen molar-refractivity contribution in [1.29, 1.82) is 0 Å². The van der Waals surface area contributed by atoms with Crippen molar-refractivity contribution in [2.75, 3.05) is 47.8 Å². The van der Waals surface area contributed by atoms with Crippen molar-refractivity contribution >= 4 is 12.2 Å². The van der Waals surface area contributed by atoms with Gasteiger partial charge in [-0.15, -0.1) is 0 Å². The molecule has 0 aromatic heterocycles. The first-order chi connectivity index (χ1) is 22.2. The lowest BCUT2D eigenvalue weighted by molar-refractivity contribution is -0.183. The molecule has 2 heterocycles. The van der Waals surface area contributed by atoms with Crippen molar-refractivity contribution in [2.45, 2.75) is 25.4 Å². The number of hydrogen-bond acceptors (Lipinski definition) is 8. The molecule has 2 saturated heterocycles. The fraction of sp³-hybridized carbons (Fsp3) is 0.297. The molecule has 45 heavy (non-hydrogen) atoms. The molecule has 0 amide bonds. The van der Waals surface area contributed by atoms with E-state index in [-0.39, 0.29) is 0 Å². The zero-order chi connectivity index (χ0) is 31.0. The molecule has 234 valence electrons. The maximum absolute atomic E-state index is 6.24. The molecule has 0 bridgehead atoms. The van der Waals surface area contributed by atoms with Gasteiger partial charge in [-0.2, -0.15) is 0 Å². The highest BCUT2D eigenvalue weighted by Crippen LogP contribution is 2.42. The Labute approximate surface area is 264 Å². The largest absolute Gasteiger partial charge is 0.497 e. The number of ether oxygens (including phenoxy) is 8. The first-order valence-corrected chi connectivity index (χ1v) is 15.1. The minimum absolute atomic E-state index is 0.405. The predicted octanol–water partition coefficient (Wildman–Crippen LogP) is 8.21. The van der Waals surface area contributed by atoms with Crippen molar-refractivity contribution in [1.82, 2.24) is 0 Å². The zero-order valence-electron chi connectivity index (χ0n) is 25.8. The van der Waals surface area contributed by atoms with Gasteiger partial charge in [-0.05, 0) is 72.0 Å². The summed E-state index contributed by atoms with van der Waals surface area (Å²) >= 11 is 0. The van der Waals surface area contributed by atoms with E-state index in [4.69, 9.17) is 37.9 Å². The quantitative estimate of drug-likeness (QED) is 0.166. The number of rotatable bonds is 10. The van der Waals surface area contributed by atoms with Gasteiger partial charge >= 0.3 is 0 Å². The van der Waals surface area contributed by atoms with E-state index in [1.54, 1.807) is 21.3 Å². The van der Waals surface area contributed by atoms with Crippen molar-refractivity contribution in [3.8, 4) is 39.9 Å². The maximum atomic E-state index is 6.24. The maximum Gasteiger partial charge on any atom is 0.184 e. The van der Waals surface area contributed by atoms with Gasteiger partial charge in [0.15, 0.2) is 24.1 Å². The Morgan fingerprint density at radius 1 is 0.600 bits per heavy atom. The van der Waals surface area contributed by atoms with Crippen molar-refractivity contribution in [2.24, 2.45) is 0 Å². The molecule has 0 unspecified atom stereocenters. The van der Waals surface area contributed by atoms with Crippen LogP contribution in [0.3, 0.4) is 0 Å². The first kappa shape index (κ1) is 30.7. The molecule has 0 N–H and O–H groups in total. The van der Waals surface area contributed by atoms with E-state index in [9.17, 15) is 0 Å². The fourth-order valence-corrected chi connectivity index (χ4v) is 5.46. The Morgan fingerprint density at radius 3 is 1.98 bits per heavy atom. The van der Waals surface area contributed by atoms with E-state index >= 15 is 0 Å².